The van der Waals surface area contributed by atoms with Crippen LogP contribution in [0.1, 0.15) is 0 Å². The minimum absolute atomic E-state index is 0. The molecular formula is C11H8ClNNaO4S-. The molecule has 0 aliphatic carbocycles. The Morgan fingerprint density at radius 3 is 2.16 bits per heavy atom. The van der Waals surface area contributed by atoms with Gasteiger partial charge in [-0.25, -0.2) is 4.98 Å². The van der Waals surface area contributed by atoms with E-state index < -0.39 is 10.7 Å². The van der Waals surface area contributed by atoms with Crippen LogP contribution in [0, 0.1) is 0 Å². The summed E-state index contributed by atoms with van der Waals surface area (Å²) >= 11 is 5.68. The van der Waals surface area contributed by atoms with E-state index >= 15 is 0 Å². The molecule has 19 heavy (non-hydrogen) atoms. The van der Waals surface area contributed by atoms with E-state index in [1.54, 1.807) is 24.3 Å². The van der Waals surface area contributed by atoms with Crippen LogP contribution in [0.15, 0.2) is 47.5 Å². The predicted molar refractivity (Wildman–Crippen MR) is 64.7 cm³/mol. The maximum absolute atomic E-state index is 10.6. The molecule has 0 radical (unpaired) electrons. The average molecular weight is 309 g/mol. The maximum Gasteiger partial charge on any atom is 1.00 e. The van der Waals surface area contributed by atoms with Gasteiger partial charge in [-0.2, -0.15) is 0 Å². The molecule has 5 nitrogen and oxygen atoms in total. The van der Waals surface area contributed by atoms with E-state index in [2.05, 4.69) is 4.98 Å². The molecule has 0 aliphatic rings. The Balaban J connectivity index is 0.00000162. The van der Waals surface area contributed by atoms with E-state index in [4.69, 9.17) is 16.3 Å². The Morgan fingerprint density at radius 1 is 1.05 bits per heavy atom. The molecule has 0 unspecified atom stereocenters. The molecule has 0 saturated carbocycles. The zero-order chi connectivity index (χ0) is 12.3. The fourth-order valence-corrected chi connectivity index (χ4v) is 1.63. The first kappa shape index (κ1) is 18.4. The second-order valence-corrected chi connectivity index (χ2v) is 4.50. The van der Waals surface area contributed by atoms with Crippen LogP contribution in [0.25, 0.3) is 0 Å². The normalized spacial score (nSPS) is 9.37. The van der Waals surface area contributed by atoms with Crippen molar-refractivity contribution in [2.75, 3.05) is 0 Å². The number of hydrogen-bond acceptors (Lipinski definition) is 6. The van der Waals surface area contributed by atoms with Crippen molar-refractivity contribution in [3.8, 4) is 11.6 Å². The van der Waals surface area contributed by atoms with Crippen LogP contribution >= 0.6 is 11.6 Å². The van der Waals surface area contributed by atoms with Crippen LogP contribution < -0.4 is 34.3 Å². The fraction of sp³-hybridized carbons (Fsp3) is 0. The van der Waals surface area contributed by atoms with Crippen molar-refractivity contribution < 1.29 is 48.2 Å². The summed E-state index contributed by atoms with van der Waals surface area (Å²) in [5, 5.41) is 0.523. The SMILES string of the molecule is O=[S-](=O)c1ccc(Oc2ccc(Cl)cn2)cc1.[Na+].[OH-]. The van der Waals surface area contributed by atoms with Crippen LogP contribution in [-0.2, 0) is 19.1 Å². The summed E-state index contributed by atoms with van der Waals surface area (Å²) < 4.78 is 26.7. The van der Waals surface area contributed by atoms with Crippen LogP contribution in [0.2, 0.25) is 5.02 Å². The summed E-state index contributed by atoms with van der Waals surface area (Å²) in [5.74, 6) is 0.902. The molecule has 2 rings (SSSR count). The van der Waals surface area contributed by atoms with Crippen molar-refractivity contribution in [2.45, 2.75) is 4.90 Å². The molecule has 0 bridgehead atoms. The molecule has 1 aromatic carbocycles. The van der Waals surface area contributed by atoms with Gasteiger partial charge in [0.1, 0.15) is 5.75 Å². The van der Waals surface area contributed by atoms with Gasteiger partial charge in [0.15, 0.2) is 0 Å². The summed E-state index contributed by atoms with van der Waals surface area (Å²) in [5.41, 5.74) is 0. The number of nitrogens with zero attached hydrogens (tertiary/aromatic N) is 1. The van der Waals surface area contributed by atoms with Crippen LogP contribution in [0.4, 0.5) is 0 Å². The molecule has 1 heterocycles. The minimum Gasteiger partial charge on any atom is -0.870 e. The molecular weight excluding hydrogens is 301 g/mol. The predicted octanol–water partition coefficient (Wildman–Crippen LogP) is 0.0227. The number of rotatable bonds is 3. The third kappa shape index (κ3) is 5.48. The zero-order valence-corrected chi connectivity index (χ0v) is 13.5. The largest absolute Gasteiger partial charge is 1.00 e. The van der Waals surface area contributed by atoms with E-state index in [0.717, 1.165) is 0 Å². The van der Waals surface area contributed by atoms with Gasteiger partial charge in [0.25, 0.3) is 0 Å². The van der Waals surface area contributed by atoms with Crippen LogP contribution in [0.3, 0.4) is 0 Å². The second-order valence-electron chi connectivity index (χ2n) is 3.12. The van der Waals surface area contributed by atoms with E-state index in [1.165, 1.54) is 18.3 Å². The smallest absolute Gasteiger partial charge is 0.870 e. The Morgan fingerprint density at radius 2 is 1.68 bits per heavy atom. The van der Waals surface area contributed by atoms with Gasteiger partial charge in [-0.1, -0.05) is 28.6 Å². The number of benzene rings is 1. The number of halogens is 1. The summed E-state index contributed by atoms with van der Waals surface area (Å²) in [6, 6.07) is 9.30. The minimum atomic E-state index is -2.23. The van der Waals surface area contributed by atoms with Gasteiger partial charge in [-0.05, 0) is 28.9 Å². The Kier molecular flexibility index (Phi) is 8.24. The van der Waals surface area contributed by atoms with Crippen molar-refractivity contribution in [3.63, 3.8) is 0 Å². The average Bonchev–Trinajstić information content (AvgIpc) is 2.33. The van der Waals surface area contributed by atoms with E-state index in [0.29, 0.717) is 16.7 Å². The molecule has 0 spiro atoms. The van der Waals surface area contributed by atoms with Gasteiger partial charge in [0, 0.05) is 12.3 Å². The number of pyridine rings is 1. The Hall–Kier alpha value is -0.630. The summed E-state index contributed by atoms with van der Waals surface area (Å²) in [6.07, 6.45) is 1.47. The molecule has 2 aromatic rings. The van der Waals surface area contributed by atoms with Gasteiger partial charge in [-0.15, -0.1) is 0 Å². The quantitative estimate of drug-likeness (QED) is 0.589. The van der Waals surface area contributed by atoms with Gasteiger partial charge < -0.3 is 18.6 Å². The maximum atomic E-state index is 10.6. The molecule has 0 aliphatic heterocycles. The molecule has 1 aromatic heterocycles. The summed E-state index contributed by atoms with van der Waals surface area (Å²) in [7, 11) is -2.23. The van der Waals surface area contributed by atoms with Gasteiger partial charge in [0.05, 0.1) is 5.02 Å². The van der Waals surface area contributed by atoms with Crippen molar-refractivity contribution in [1.82, 2.24) is 4.98 Å². The van der Waals surface area contributed by atoms with Crippen LogP contribution in [0.5, 0.6) is 11.6 Å². The molecule has 8 heteroatoms. The van der Waals surface area contributed by atoms with E-state index in [-0.39, 0.29) is 39.9 Å². The monoisotopic (exact) mass is 308 g/mol. The van der Waals surface area contributed by atoms with Crippen molar-refractivity contribution in [3.05, 3.63) is 47.6 Å². The van der Waals surface area contributed by atoms with Crippen LogP contribution in [-0.4, -0.2) is 10.5 Å². The third-order valence-electron chi connectivity index (χ3n) is 1.94. The summed E-state index contributed by atoms with van der Waals surface area (Å²) in [6.45, 7) is 0. The zero-order valence-electron chi connectivity index (χ0n) is 9.95. The van der Waals surface area contributed by atoms with Crippen molar-refractivity contribution in [1.29, 1.82) is 0 Å². The van der Waals surface area contributed by atoms with Crippen molar-refractivity contribution in [2.24, 2.45) is 0 Å². The van der Waals surface area contributed by atoms with E-state index in [1.807, 2.05) is 0 Å². The topological polar surface area (TPSA) is 86.3 Å². The first-order valence-corrected chi connectivity index (χ1v) is 6.09. The first-order chi connectivity index (χ1) is 8.15. The van der Waals surface area contributed by atoms with Gasteiger partial charge >= 0.3 is 29.6 Å². The number of hydrogen-bond donors (Lipinski definition) is 0. The molecule has 1 N–H and O–H groups in total. The number of aromatic nitrogens is 1. The molecule has 96 valence electrons. The molecule has 0 amide bonds. The number of ether oxygens (including phenoxy) is 1. The summed E-state index contributed by atoms with van der Waals surface area (Å²) in [4.78, 5) is 4.16. The third-order valence-corrected chi connectivity index (χ3v) is 2.82. The Bertz CT molecular complexity index is 579. The molecule has 0 saturated heterocycles. The van der Waals surface area contributed by atoms with E-state index in [9.17, 15) is 8.42 Å². The van der Waals surface area contributed by atoms with Gasteiger partial charge in [-0.3, -0.25) is 0 Å². The Labute approximate surface area is 139 Å². The molecule has 0 fully saturated rings. The second kappa shape index (κ2) is 8.52. The standard InChI is InChI=1S/C11H7ClNO3S.Na.H2O/c12-8-1-6-11(13-7-8)16-9-2-4-10(5-3-9)17(14)15;;/h1-7H;;1H2/q-1;+1;/p-1. The van der Waals surface area contributed by atoms with Gasteiger partial charge in [0.2, 0.25) is 5.88 Å². The van der Waals surface area contributed by atoms with Crippen molar-refractivity contribution >= 4 is 22.3 Å². The fourth-order valence-electron chi connectivity index (χ4n) is 1.16. The first-order valence-electron chi connectivity index (χ1n) is 4.64. The molecule has 0 atom stereocenters.